The molecular formula is C13H19NO4S. The summed E-state index contributed by atoms with van der Waals surface area (Å²) in [4.78, 5) is 11.9. The van der Waals surface area contributed by atoms with Crippen LogP contribution in [0.5, 0.6) is 5.88 Å². The van der Waals surface area contributed by atoms with E-state index >= 15 is 0 Å². The van der Waals surface area contributed by atoms with E-state index < -0.39 is 15.7 Å². The van der Waals surface area contributed by atoms with E-state index in [1.165, 1.54) is 17.6 Å². The van der Waals surface area contributed by atoms with Gasteiger partial charge >= 0.3 is 0 Å². The minimum absolute atomic E-state index is 0.0950. The molecule has 1 aromatic rings. The Balaban J connectivity index is 2.64. The average Bonchev–Trinajstić information content (AvgIpc) is 2.27. The van der Waals surface area contributed by atoms with Crippen LogP contribution in [-0.4, -0.2) is 24.3 Å². The Hall–Kier alpha value is -1.30. The van der Waals surface area contributed by atoms with Crippen LogP contribution in [0.4, 0.5) is 0 Å². The van der Waals surface area contributed by atoms with E-state index in [-0.39, 0.29) is 16.5 Å². The Morgan fingerprint density at radius 3 is 2.37 bits per heavy atom. The molecule has 1 saturated carbocycles. The zero-order valence-electron chi connectivity index (χ0n) is 11.2. The van der Waals surface area contributed by atoms with Crippen molar-refractivity contribution in [1.82, 2.24) is 4.57 Å². The molecule has 0 amide bonds. The van der Waals surface area contributed by atoms with Crippen LogP contribution in [-0.2, 0) is 9.84 Å². The summed E-state index contributed by atoms with van der Waals surface area (Å²) in [6, 6.07) is 1.20. The number of hydrogen-bond donors (Lipinski definition) is 1. The fourth-order valence-electron chi connectivity index (χ4n) is 2.86. The van der Waals surface area contributed by atoms with Crippen LogP contribution >= 0.6 is 0 Å². The quantitative estimate of drug-likeness (QED) is 0.898. The Morgan fingerprint density at radius 2 is 1.84 bits per heavy atom. The summed E-state index contributed by atoms with van der Waals surface area (Å²) in [5.41, 5.74) is -0.0219. The maximum atomic E-state index is 12.0. The molecule has 19 heavy (non-hydrogen) atoms. The molecule has 1 heterocycles. The van der Waals surface area contributed by atoms with Crippen molar-refractivity contribution in [2.24, 2.45) is 0 Å². The molecule has 1 aromatic heterocycles. The van der Waals surface area contributed by atoms with Crippen molar-refractivity contribution in [2.75, 3.05) is 6.26 Å². The summed E-state index contributed by atoms with van der Waals surface area (Å²) in [5.74, 6) is -0.403. The molecule has 0 spiro atoms. The lowest BCUT2D eigenvalue weighted by atomic mass is 9.95. The van der Waals surface area contributed by atoms with Crippen molar-refractivity contribution in [3.8, 4) is 5.88 Å². The number of aromatic nitrogens is 1. The number of aromatic hydroxyl groups is 1. The van der Waals surface area contributed by atoms with Crippen LogP contribution in [0, 0.1) is 6.92 Å². The van der Waals surface area contributed by atoms with Gasteiger partial charge in [0.15, 0.2) is 9.84 Å². The highest BCUT2D eigenvalue weighted by Gasteiger charge is 2.25. The largest absolute Gasteiger partial charge is 0.493 e. The van der Waals surface area contributed by atoms with Gasteiger partial charge in [-0.15, -0.1) is 0 Å². The van der Waals surface area contributed by atoms with Crippen molar-refractivity contribution in [2.45, 2.75) is 50.0 Å². The van der Waals surface area contributed by atoms with Crippen LogP contribution in [0.25, 0.3) is 0 Å². The summed E-state index contributed by atoms with van der Waals surface area (Å²) in [6.45, 7) is 1.53. The Labute approximate surface area is 112 Å². The number of sulfone groups is 1. The highest BCUT2D eigenvalue weighted by Crippen LogP contribution is 2.33. The van der Waals surface area contributed by atoms with Crippen LogP contribution < -0.4 is 5.56 Å². The lowest BCUT2D eigenvalue weighted by Crippen LogP contribution is -2.27. The second-order valence-corrected chi connectivity index (χ2v) is 7.20. The minimum Gasteiger partial charge on any atom is -0.493 e. The summed E-state index contributed by atoms with van der Waals surface area (Å²) in [5, 5.41) is 10.2. The number of nitrogens with zero attached hydrogens (tertiary/aromatic N) is 1. The molecule has 0 unspecified atom stereocenters. The lowest BCUT2D eigenvalue weighted by molar-refractivity contribution is 0.296. The molecule has 1 aliphatic carbocycles. The SMILES string of the molecule is Cc1cc(=O)n(C2CCCCC2)c(O)c1S(C)(=O)=O. The average molecular weight is 285 g/mol. The molecule has 106 valence electrons. The third-order valence-corrected chi connectivity index (χ3v) is 4.92. The van der Waals surface area contributed by atoms with E-state index in [2.05, 4.69) is 0 Å². The first kappa shape index (κ1) is 14.1. The summed E-state index contributed by atoms with van der Waals surface area (Å²) in [7, 11) is -3.55. The monoisotopic (exact) mass is 285 g/mol. The fourth-order valence-corrected chi connectivity index (χ4v) is 3.93. The van der Waals surface area contributed by atoms with E-state index in [0.29, 0.717) is 5.56 Å². The van der Waals surface area contributed by atoms with Crippen LogP contribution in [0.2, 0.25) is 0 Å². The van der Waals surface area contributed by atoms with Crippen LogP contribution in [0.3, 0.4) is 0 Å². The fraction of sp³-hybridized carbons (Fsp3) is 0.615. The molecule has 1 aliphatic rings. The van der Waals surface area contributed by atoms with Crippen molar-refractivity contribution < 1.29 is 13.5 Å². The third-order valence-electron chi connectivity index (χ3n) is 3.68. The van der Waals surface area contributed by atoms with E-state index in [0.717, 1.165) is 38.4 Å². The molecule has 6 heteroatoms. The number of hydrogen-bond acceptors (Lipinski definition) is 4. The molecule has 0 aromatic carbocycles. The van der Waals surface area contributed by atoms with E-state index in [4.69, 9.17) is 0 Å². The van der Waals surface area contributed by atoms with Gasteiger partial charge < -0.3 is 5.11 Å². The van der Waals surface area contributed by atoms with Gasteiger partial charge in [0.1, 0.15) is 4.90 Å². The van der Waals surface area contributed by atoms with Gasteiger partial charge in [-0.3, -0.25) is 9.36 Å². The van der Waals surface area contributed by atoms with Gasteiger partial charge in [-0.2, -0.15) is 0 Å². The smallest absolute Gasteiger partial charge is 0.253 e. The Kier molecular flexibility index (Phi) is 3.71. The summed E-state index contributed by atoms with van der Waals surface area (Å²) in [6.07, 6.45) is 5.78. The minimum atomic E-state index is -3.55. The predicted molar refractivity (Wildman–Crippen MR) is 72.3 cm³/mol. The molecular weight excluding hydrogens is 266 g/mol. The van der Waals surface area contributed by atoms with E-state index in [1.807, 2.05) is 0 Å². The van der Waals surface area contributed by atoms with Crippen LogP contribution in [0.1, 0.15) is 43.7 Å². The highest BCUT2D eigenvalue weighted by atomic mass is 32.2. The topological polar surface area (TPSA) is 76.4 Å². The third kappa shape index (κ3) is 2.68. The molecule has 1 N–H and O–H groups in total. The van der Waals surface area contributed by atoms with Crippen molar-refractivity contribution in [3.05, 3.63) is 22.0 Å². The van der Waals surface area contributed by atoms with Gasteiger partial charge in [0.25, 0.3) is 5.56 Å². The van der Waals surface area contributed by atoms with Crippen LogP contribution in [0.15, 0.2) is 15.8 Å². The van der Waals surface area contributed by atoms with Crippen molar-refractivity contribution in [1.29, 1.82) is 0 Å². The van der Waals surface area contributed by atoms with Gasteiger partial charge in [-0.05, 0) is 25.3 Å². The molecule has 2 rings (SSSR count). The summed E-state index contributed by atoms with van der Waals surface area (Å²) >= 11 is 0. The Morgan fingerprint density at radius 1 is 1.26 bits per heavy atom. The zero-order valence-corrected chi connectivity index (χ0v) is 12.0. The van der Waals surface area contributed by atoms with Gasteiger partial charge in [-0.25, -0.2) is 8.42 Å². The maximum Gasteiger partial charge on any atom is 0.253 e. The first-order valence-electron chi connectivity index (χ1n) is 6.47. The van der Waals surface area contributed by atoms with Gasteiger partial charge in [0.05, 0.1) is 0 Å². The number of rotatable bonds is 2. The Bertz CT molecular complexity index is 639. The molecule has 0 bridgehead atoms. The second-order valence-electron chi connectivity index (χ2n) is 5.25. The zero-order chi connectivity index (χ0) is 14.2. The standard InChI is InChI=1S/C13H19NO4S/c1-9-8-11(15)14(10-6-4-3-5-7-10)13(16)12(9)19(2,17)18/h8,10,16H,3-7H2,1-2H3. The predicted octanol–water partition coefficient (Wildman–Crippen LogP) is 1.77. The molecule has 0 atom stereocenters. The molecule has 5 nitrogen and oxygen atoms in total. The van der Waals surface area contributed by atoms with E-state index in [9.17, 15) is 18.3 Å². The molecule has 0 aliphatic heterocycles. The second kappa shape index (κ2) is 5.00. The van der Waals surface area contributed by atoms with Gasteiger partial charge in [0, 0.05) is 18.4 Å². The molecule has 1 fully saturated rings. The molecule has 0 radical (unpaired) electrons. The number of pyridine rings is 1. The molecule has 0 saturated heterocycles. The normalized spacial score (nSPS) is 17.6. The first-order valence-corrected chi connectivity index (χ1v) is 8.36. The first-order chi connectivity index (χ1) is 8.82. The number of aryl methyl sites for hydroxylation is 1. The maximum absolute atomic E-state index is 12.0. The lowest BCUT2D eigenvalue weighted by Gasteiger charge is -2.25. The highest BCUT2D eigenvalue weighted by molar-refractivity contribution is 7.90. The van der Waals surface area contributed by atoms with Gasteiger partial charge in [0.2, 0.25) is 5.88 Å². The van der Waals surface area contributed by atoms with Gasteiger partial charge in [-0.1, -0.05) is 19.3 Å². The van der Waals surface area contributed by atoms with E-state index in [1.54, 1.807) is 0 Å². The summed E-state index contributed by atoms with van der Waals surface area (Å²) < 4.78 is 24.7. The van der Waals surface area contributed by atoms with Crippen molar-refractivity contribution in [3.63, 3.8) is 0 Å². The van der Waals surface area contributed by atoms with Crippen molar-refractivity contribution >= 4 is 9.84 Å².